The molecule has 4 rings (SSSR count). The van der Waals surface area contributed by atoms with Crippen molar-refractivity contribution in [3.8, 4) is 5.88 Å². The van der Waals surface area contributed by atoms with E-state index < -0.39 is 18.0 Å². The molecule has 0 spiro atoms. The number of rotatable bonds is 4. The number of fused-ring (bicyclic) bond motifs is 1. The molecule has 158 valence electrons. The van der Waals surface area contributed by atoms with Crippen molar-refractivity contribution in [1.82, 2.24) is 15.5 Å². The van der Waals surface area contributed by atoms with E-state index in [1.165, 1.54) is 6.07 Å². The number of hydrogen-bond acceptors (Lipinski definition) is 5. The van der Waals surface area contributed by atoms with Gasteiger partial charge in [0.25, 0.3) is 5.91 Å². The molecular formula is C21H18ClN5O4. The van der Waals surface area contributed by atoms with Gasteiger partial charge in [-0.3, -0.25) is 14.7 Å². The second-order valence-corrected chi connectivity index (χ2v) is 7.23. The van der Waals surface area contributed by atoms with Crippen molar-refractivity contribution in [2.45, 2.75) is 18.9 Å². The van der Waals surface area contributed by atoms with Gasteiger partial charge in [-0.25, -0.2) is 4.79 Å². The predicted molar refractivity (Wildman–Crippen MR) is 114 cm³/mol. The molecule has 3 amide bonds. The van der Waals surface area contributed by atoms with Crippen LogP contribution in [0.15, 0.2) is 54.6 Å². The minimum atomic E-state index is -0.832. The van der Waals surface area contributed by atoms with Gasteiger partial charge in [0.05, 0.1) is 10.6 Å². The highest BCUT2D eigenvalue weighted by Gasteiger charge is 2.26. The summed E-state index contributed by atoms with van der Waals surface area (Å²) in [5.74, 6) is -0.615. The van der Waals surface area contributed by atoms with E-state index in [1.807, 2.05) is 24.3 Å². The second kappa shape index (κ2) is 8.88. The molecule has 0 fully saturated rings. The van der Waals surface area contributed by atoms with Gasteiger partial charge in [-0.2, -0.15) is 0 Å². The Labute approximate surface area is 182 Å². The molecule has 3 aromatic rings. The van der Waals surface area contributed by atoms with Crippen molar-refractivity contribution in [3.05, 3.63) is 70.7 Å². The second-order valence-electron chi connectivity index (χ2n) is 6.83. The highest BCUT2D eigenvalue weighted by atomic mass is 35.5. The molecule has 1 aliphatic heterocycles. The number of ether oxygens (including phenoxy) is 1. The van der Waals surface area contributed by atoms with Crippen LogP contribution >= 0.6 is 11.6 Å². The molecule has 1 aliphatic rings. The summed E-state index contributed by atoms with van der Waals surface area (Å²) in [5, 5.41) is 14.6. The number of halogens is 1. The Hall–Kier alpha value is -3.85. The number of nitrogens with one attached hydrogen (secondary N) is 4. The summed E-state index contributed by atoms with van der Waals surface area (Å²) in [5.41, 5.74) is 2.02. The van der Waals surface area contributed by atoms with E-state index in [4.69, 9.17) is 16.3 Å². The zero-order valence-corrected chi connectivity index (χ0v) is 16.9. The van der Waals surface area contributed by atoms with E-state index in [0.29, 0.717) is 23.4 Å². The van der Waals surface area contributed by atoms with Crippen LogP contribution in [0.25, 0.3) is 0 Å². The lowest BCUT2D eigenvalue weighted by Crippen LogP contribution is -2.44. The number of para-hydroxylation sites is 1. The van der Waals surface area contributed by atoms with Gasteiger partial charge >= 0.3 is 6.09 Å². The quantitative estimate of drug-likeness (QED) is 0.496. The minimum Gasteiger partial charge on any atom is -0.390 e. The average molecular weight is 440 g/mol. The number of anilines is 2. The number of carbonyl (C=O) groups is 3. The van der Waals surface area contributed by atoms with Crippen molar-refractivity contribution < 1.29 is 19.1 Å². The van der Waals surface area contributed by atoms with Crippen molar-refractivity contribution in [1.29, 1.82) is 0 Å². The van der Waals surface area contributed by atoms with Crippen LogP contribution in [0, 0.1) is 0 Å². The third-order valence-electron chi connectivity index (χ3n) is 4.70. The van der Waals surface area contributed by atoms with Crippen LogP contribution < -0.4 is 20.7 Å². The lowest BCUT2D eigenvalue weighted by Gasteiger charge is -2.14. The van der Waals surface area contributed by atoms with E-state index in [2.05, 4.69) is 26.1 Å². The van der Waals surface area contributed by atoms with Crippen LogP contribution in [-0.4, -0.2) is 34.1 Å². The Bertz CT molecular complexity index is 1150. The smallest absolute Gasteiger partial charge is 0.390 e. The first-order valence-electron chi connectivity index (χ1n) is 9.48. The van der Waals surface area contributed by atoms with Crippen LogP contribution in [0.1, 0.15) is 22.3 Å². The maximum Gasteiger partial charge on any atom is 0.414 e. The molecule has 2 heterocycles. The molecule has 0 radical (unpaired) electrons. The average Bonchev–Trinajstić information content (AvgIpc) is 3.11. The van der Waals surface area contributed by atoms with E-state index in [1.54, 1.807) is 24.3 Å². The van der Waals surface area contributed by atoms with Crippen LogP contribution in [-0.2, 0) is 11.2 Å². The fourth-order valence-electron chi connectivity index (χ4n) is 3.17. The van der Waals surface area contributed by atoms with E-state index in [-0.39, 0.29) is 17.6 Å². The summed E-state index contributed by atoms with van der Waals surface area (Å²) in [7, 11) is 0. The Balaban J connectivity index is 1.33. The Morgan fingerprint density at radius 2 is 1.90 bits per heavy atom. The molecule has 9 nitrogen and oxygen atoms in total. The van der Waals surface area contributed by atoms with Crippen molar-refractivity contribution in [3.63, 3.8) is 0 Å². The van der Waals surface area contributed by atoms with Crippen LogP contribution in [0.5, 0.6) is 5.88 Å². The molecule has 4 N–H and O–H groups in total. The summed E-state index contributed by atoms with van der Waals surface area (Å²) in [6.07, 6.45) is 0.222. The predicted octanol–water partition coefficient (Wildman–Crippen LogP) is 3.36. The van der Waals surface area contributed by atoms with Crippen LogP contribution in [0.3, 0.4) is 0 Å². The first-order valence-corrected chi connectivity index (χ1v) is 9.86. The normalized spacial score (nSPS) is 15.3. The van der Waals surface area contributed by atoms with Gasteiger partial charge in [0, 0.05) is 11.8 Å². The first-order chi connectivity index (χ1) is 15.0. The maximum atomic E-state index is 12.4. The topological polar surface area (TPSA) is 125 Å². The SMILES string of the molecule is O=C(NC1CCc2ccccc2NC1=O)Oc1cc(NC(=O)c2ccccc2Cl)[nH]n1. The Kier molecular flexibility index (Phi) is 5.85. The Morgan fingerprint density at radius 1 is 1.13 bits per heavy atom. The largest absolute Gasteiger partial charge is 0.414 e. The van der Waals surface area contributed by atoms with Gasteiger partial charge < -0.3 is 20.7 Å². The van der Waals surface area contributed by atoms with Crippen molar-refractivity contribution in [2.24, 2.45) is 0 Å². The molecule has 10 heteroatoms. The van der Waals surface area contributed by atoms with Crippen molar-refractivity contribution in [2.75, 3.05) is 10.6 Å². The number of hydrogen-bond donors (Lipinski definition) is 4. The first kappa shape index (κ1) is 20.4. The van der Waals surface area contributed by atoms with Gasteiger partial charge in [0.15, 0.2) is 0 Å². The number of aromatic nitrogens is 2. The summed E-state index contributed by atoms with van der Waals surface area (Å²) in [6.45, 7) is 0. The molecule has 0 saturated heterocycles. The third kappa shape index (κ3) is 4.84. The molecule has 1 aromatic heterocycles. The fraction of sp³-hybridized carbons (Fsp3) is 0.143. The zero-order valence-electron chi connectivity index (χ0n) is 16.1. The number of amides is 3. The van der Waals surface area contributed by atoms with Crippen LogP contribution in [0.2, 0.25) is 5.02 Å². The van der Waals surface area contributed by atoms with Gasteiger partial charge in [-0.15, -0.1) is 5.10 Å². The number of H-pyrrole nitrogens is 1. The molecule has 2 aromatic carbocycles. The van der Waals surface area contributed by atoms with Gasteiger partial charge in [-0.05, 0) is 36.6 Å². The molecule has 0 aliphatic carbocycles. The number of carbonyl (C=O) groups excluding carboxylic acids is 3. The standard InChI is InChI=1S/C21H18ClN5O4/c22-14-7-3-2-6-13(14)19(28)25-17-11-18(27-26-17)31-21(30)24-16-10-9-12-5-1-4-8-15(12)23-20(16)29/h1-8,11,16H,9-10H2,(H,23,29)(H,24,30)(H2,25,26,27,28). The van der Waals surface area contributed by atoms with Gasteiger partial charge in [0.2, 0.25) is 11.8 Å². The molecule has 1 unspecified atom stereocenters. The van der Waals surface area contributed by atoms with Crippen molar-refractivity contribution >= 4 is 41.0 Å². The van der Waals surface area contributed by atoms with Gasteiger partial charge in [-0.1, -0.05) is 41.9 Å². The zero-order chi connectivity index (χ0) is 21.8. The molecule has 31 heavy (non-hydrogen) atoms. The lowest BCUT2D eigenvalue weighted by molar-refractivity contribution is -0.118. The number of benzene rings is 2. The summed E-state index contributed by atoms with van der Waals surface area (Å²) in [4.78, 5) is 36.9. The molecular weight excluding hydrogens is 422 g/mol. The molecule has 0 saturated carbocycles. The lowest BCUT2D eigenvalue weighted by atomic mass is 10.1. The Morgan fingerprint density at radius 3 is 2.74 bits per heavy atom. The third-order valence-corrected chi connectivity index (χ3v) is 5.03. The monoisotopic (exact) mass is 439 g/mol. The summed E-state index contributed by atoms with van der Waals surface area (Å²) in [6, 6.07) is 14.7. The van der Waals surface area contributed by atoms with E-state index >= 15 is 0 Å². The number of aromatic amines is 1. The number of aryl methyl sites for hydroxylation is 1. The minimum absolute atomic E-state index is 0.0655. The van der Waals surface area contributed by atoms with E-state index in [0.717, 1.165) is 11.3 Å². The van der Waals surface area contributed by atoms with E-state index in [9.17, 15) is 14.4 Å². The van der Waals surface area contributed by atoms with Gasteiger partial charge in [0.1, 0.15) is 11.9 Å². The highest BCUT2D eigenvalue weighted by Crippen LogP contribution is 2.22. The summed E-state index contributed by atoms with van der Waals surface area (Å²) < 4.78 is 5.13. The molecule has 0 bridgehead atoms. The highest BCUT2D eigenvalue weighted by molar-refractivity contribution is 6.34. The maximum absolute atomic E-state index is 12.4. The molecule has 1 atom stereocenters. The summed E-state index contributed by atoms with van der Waals surface area (Å²) >= 11 is 6.01. The number of nitrogens with zero attached hydrogens (tertiary/aromatic N) is 1. The van der Waals surface area contributed by atoms with Crippen LogP contribution in [0.4, 0.5) is 16.3 Å². The fourth-order valence-corrected chi connectivity index (χ4v) is 3.39.